The van der Waals surface area contributed by atoms with E-state index in [2.05, 4.69) is 15.3 Å². The number of H-pyrrole nitrogens is 2. The van der Waals surface area contributed by atoms with Crippen molar-refractivity contribution in [3.63, 3.8) is 0 Å². The Bertz CT molecular complexity index is 471. The predicted octanol–water partition coefficient (Wildman–Crippen LogP) is -0.704. The Kier molecular flexibility index (Phi) is 2.51. The third-order valence-electron chi connectivity index (χ3n) is 2.49. The van der Waals surface area contributed by atoms with Crippen molar-refractivity contribution in [1.82, 2.24) is 15.3 Å². The lowest BCUT2D eigenvalue weighted by molar-refractivity contribution is -0.139. The maximum atomic E-state index is 11.5. The molecule has 0 spiro atoms. The molecule has 1 amide bonds. The quantitative estimate of drug-likeness (QED) is 0.542. The molecule has 1 heterocycles. The van der Waals surface area contributed by atoms with Crippen LogP contribution in [-0.2, 0) is 4.79 Å². The van der Waals surface area contributed by atoms with Crippen molar-refractivity contribution in [3.05, 3.63) is 22.4 Å². The Labute approximate surface area is 89.9 Å². The van der Waals surface area contributed by atoms with Gasteiger partial charge in [-0.1, -0.05) is 0 Å². The molecular weight excluding hydrogens is 214 g/mol. The second-order valence-corrected chi connectivity index (χ2v) is 3.78. The van der Waals surface area contributed by atoms with E-state index < -0.39 is 23.6 Å². The SMILES string of the molecule is O=C(NC(C(=O)O)C1CC1)c1c[nH]c(=O)[nH]1. The minimum absolute atomic E-state index is 0.00659. The Morgan fingerprint density at radius 2 is 2.19 bits per heavy atom. The predicted molar refractivity (Wildman–Crippen MR) is 53.0 cm³/mol. The number of carboxylic acid groups (broad SMARTS) is 1. The fourth-order valence-corrected chi connectivity index (χ4v) is 1.48. The summed E-state index contributed by atoms with van der Waals surface area (Å²) in [6.45, 7) is 0. The van der Waals surface area contributed by atoms with Crippen molar-refractivity contribution in [2.24, 2.45) is 5.92 Å². The van der Waals surface area contributed by atoms with Gasteiger partial charge in [0.25, 0.3) is 5.91 Å². The summed E-state index contributed by atoms with van der Waals surface area (Å²) in [6, 6.07) is -0.870. The fourth-order valence-electron chi connectivity index (χ4n) is 1.48. The van der Waals surface area contributed by atoms with Gasteiger partial charge in [0.05, 0.1) is 0 Å². The molecule has 16 heavy (non-hydrogen) atoms. The minimum Gasteiger partial charge on any atom is -0.480 e. The molecule has 1 unspecified atom stereocenters. The zero-order chi connectivity index (χ0) is 11.7. The summed E-state index contributed by atoms with van der Waals surface area (Å²) in [5.74, 6) is -1.63. The average Bonchev–Trinajstić information content (AvgIpc) is 2.96. The zero-order valence-corrected chi connectivity index (χ0v) is 8.32. The first-order valence-corrected chi connectivity index (χ1v) is 4.89. The summed E-state index contributed by atoms with van der Waals surface area (Å²) >= 11 is 0. The van der Waals surface area contributed by atoms with E-state index in [-0.39, 0.29) is 11.6 Å². The molecule has 0 aliphatic heterocycles. The molecule has 4 N–H and O–H groups in total. The van der Waals surface area contributed by atoms with Crippen LogP contribution in [0.2, 0.25) is 0 Å². The molecule has 0 aromatic carbocycles. The topological polar surface area (TPSA) is 115 Å². The highest BCUT2D eigenvalue weighted by Gasteiger charge is 2.37. The van der Waals surface area contributed by atoms with Gasteiger partial charge in [-0.15, -0.1) is 0 Å². The highest BCUT2D eigenvalue weighted by Crippen LogP contribution is 2.32. The van der Waals surface area contributed by atoms with Crippen molar-refractivity contribution in [3.8, 4) is 0 Å². The average molecular weight is 225 g/mol. The van der Waals surface area contributed by atoms with Crippen molar-refractivity contribution in [2.45, 2.75) is 18.9 Å². The number of hydrogen-bond acceptors (Lipinski definition) is 3. The number of carboxylic acids is 1. The Morgan fingerprint density at radius 1 is 1.50 bits per heavy atom. The van der Waals surface area contributed by atoms with Crippen LogP contribution < -0.4 is 11.0 Å². The molecule has 1 aromatic rings. The molecule has 1 saturated carbocycles. The Balaban J connectivity index is 2.05. The van der Waals surface area contributed by atoms with E-state index in [9.17, 15) is 14.4 Å². The van der Waals surface area contributed by atoms with E-state index in [0.717, 1.165) is 12.8 Å². The van der Waals surface area contributed by atoms with Crippen molar-refractivity contribution in [1.29, 1.82) is 0 Å². The van der Waals surface area contributed by atoms with Crippen LogP contribution >= 0.6 is 0 Å². The van der Waals surface area contributed by atoms with E-state index in [1.165, 1.54) is 6.20 Å². The van der Waals surface area contributed by atoms with Crippen LogP contribution in [0, 0.1) is 5.92 Å². The standard InChI is InChI=1S/C9H11N3O4/c13-7(5-3-10-9(16)11-5)12-6(8(14)15)4-1-2-4/h3-4,6H,1-2H2,(H,12,13)(H,14,15)(H2,10,11,16). The molecule has 1 aromatic heterocycles. The van der Waals surface area contributed by atoms with Crippen molar-refractivity contribution >= 4 is 11.9 Å². The summed E-state index contributed by atoms with van der Waals surface area (Å²) in [6.07, 6.45) is 2.82. The van der Waals surface area contributed by atoms with Crippen LogP contribution in [0.5, 0.6) is 0 Å². The number of aromatic nitrogens is 2. The lowest BCUT2D eigenvalue weighted by Crippen LogP contribution is -2.42. The normalized spacial score (nSPS) is 16.8. The number of carbonyl (C=O) groups excluding carboxylic acids is 1. The smallest absolute Gasteiger partial charge is 0.326 e. The van der Waals surface area contributed by atoms with Crippen LogP contribution in [0.1, 0.15) is 23.3 Å². The third kappa shape index (κ3) is 2.13. The number of aliphatic carboxylic acids is 1. The highest BCUT2D eigenvalue weighted by atomic mass is 16.4. The van der Waals surface area contributed by atoms with Gasteiger partial charge in [0, 0.05) is 6.20 Å². The first-order valence-electron chi connectivity index (χ1n) is 4.89. The molecule has 7 heteroatoms. The van der Waals surface area contributed by atoms with Crippen molar-refractivity contribution < 1.29 is 14.7 Å². The van der Waals surface area contributed by atoms with E-state index in [1.807, 2.05) is 0 Å². The molecular formula is C9H11N3O4. The summed E-state index contributed by atoms with van der Waals surface area (Å²) in [5.41, 5.74) is -0.458. The lowest BCUT2D eigenvalue weighted by atomic mass is 10.2. The van der Waals surface area contributed by atoms with Gasteiger partial charge in [0.2, 0.25) is 0 Å². The lowest BCUT2D eigenvalue weighted by Gasteiger charge is -2.12. The van der Waals surface area contributed by atoms with Gasteiger partial charge < -0.3 is 20.4 Å². The van der Waals surface area contributed by atoms with Gasteiger partial charge in [-0.3, -0.25) is 4.79 Å². The third-order valence-corrected chi connectivity index (χ3v) is 2.49. The molecule has 1 fully saturated rings. The second-order valence-electron chi connectivity index (χ2n) is 3.78. The Morgan fingerprint density at radius 3 is 2.62 bits per heavy atom. The van der Waals surface area contributed by atoms with Gasteiger partial charge in [-0.05, 0) is 18.8 Å². The number of hydrogen-bond donors (Lipinski definition) is 4. The van der Waals surface area contributed by atoms with E-state index in [0.29, 0.717) is 0 Å². The first kappa shape index (κ1) is 10.5. The van der Waals surface area contributed by atoms with Gasteiger partial charge >= 0.3 is 11.7 Å². The summed E-state index contributed by atoms with van der Waals surface area (Å²) in [4.78, 5) is 37.7. The molecule has 2 rings (SSSR count). The van der Waals surface area contributed by atoms with Crippen LogP contribution in [0.3, 0.4) is 0 Å². The number of imidazole rings is 1. The van der Waals surface area contributed by atoms with Gasteiger partial charge in [-0.25, -0.2) is 9.59 Å². The van der Waals surface area contributed by atoms with Gasteiger partial charge in [0.1, 0.15) is 11.7 Å². The van der Waals surface area contributed by atoms with E-state index in [4.69, 9.17) is 5.11 Å². The van der Waals surface area contributed by atoms with Gasteiger partial charge in [0.15, 0.2) is 0 Å². The molecule has 7 nitrogen and oxygen atoms in total. The number of nitrogens with one attached hydrogen (secondary N) is 3. The Hall–Kier alpha value is -2.05. The fraction of sp³-hybridized carbons (Fsp3) is 0.444. The molecule has 1 aliphatic carbocycles. The minimum atomic E-state index is -1.05. The molecule has 1 aliphatic rings. The maximum Gasteiger partial charge on any atom is 0.326 e. The first-order chi connectivity index (χ1) is 7.58. The van der Waals surface area contributed by atoms with Crippen molar-refractivity contribution in [2.75, 3.05) is 0 Å². The zero-order valence-electron chi connectivity index (χ0n) is 8.32. The van der Waals surface area contributed by atoms with E-state index in [1.54, 1.807) is 0 Å². The maximum absolute atomic E-state index is 11.5. The molecule has 0 saturated heterocycles. The van der Waals surface area contributed by atoms with Gasteiger partial charge in [-0.2, -0.15) is 0 Å². The largest absolute Gasteiger partial charge is 0.480 e. The molecule has 86 valence electrons. The van der Waals surface area contributed by atoms with Crippen LogP contribution in [0.25, 0.3) is 0 Å². The number of aromatic amines is 2. The van der Waals surface area contributed by atoms with Crippen LogP contribution in [0.15, 0.2) is 11.0 Å². The van der Waals surface area contributed by atoms with E-state index >= 15 is 0 Å². The highest BCUT2D eigenvalue weighted by molar-refractivity contribution is 5.94. The molecule has 0 bridgehead atoms. The number of rotatable bonds is 4. The summed E-state index contributed by atoms with van der Waals surface area (Å²) < 4.78 is 0. The second kappa shape index (κ2) is 3.84. The monoisotopic (exact) mass is 225 g/mol. The summed E-state index contributed by atoms with van der Waals surface area (Å²) in [5, 5.41) is 11.3. The molecule has 1 atom stereocenters. The summed E-state index contributed by atoms with van der Waals surface area (Å²) in [7, 11) is 0. The van der Waals surface area contributed by atoms with Crippen LogP contribution in [0.4, 0.5) is 0 Å². The number of amides is 1. The van der Waals surface area contributed by atoms with Crippen LogP contribution in [-0.4, -0.2) is 33.0 Å². The number of carbonyl (C=O) groups is 2. The molecule has 0 radical (unpaired) electrons.